The maximum atomic E-state index is 12.8. The van der Waals surface area contributed by atoms with Crippen molar-refractivity contribution in [3.8, 4) is 11.5 Å². The third-order valence-corrected chi connectivity index (χ3v) is 8.00. The van der Waals surface area contributed by atoms with Crippen LogP contribution >= 0.6 is 0 Å². The summed E-state index contributed by atoms with van der Waals surface area (Å²) in [6, 6.07) is 21.5. The number of nitrogen functional groups attached to an aromatic ring is 1. The Hall–Kier alpha value is -5.68. The molecule has 2 aromatic heterocycles. The molecule has 6 rings (SSSR count). The molecule has 1 saturated heterocycles. The van der Waals surface area contributed by atoms with Gasteiger partial charge >= 0.3 is 0 Å². The number of hydrogen-bond donors (Lipinski definition) is 3. The van der Waals surface area contributed by atoms with E-state index in [1.165, 1.54) is 32.5 Å². The van der Waals surface area contributed by atoms with Gasteiger partial charge in [0, 0.05) is 51.8 Å². The topological polar surface area (TPSA) is 187 Å². The van der Waals surface area contributed by atoms with Crippen LogP contribution in [0.15, 0.2) is 94.8 Å². The van der Waals surface area contributed by atoms with Gasteiger partial charge in [-0.1, -0.05) is 60.7 Å². The molecule has 0 aliphatic carbocycles. The largest absolute Gasteiger partial charge is 0.482 e. The van der Waals surface area contributed by atoms with E-state index in [0.717, 1.165) is 15.8 Å². The molecular weight excluding hydrogens is 676 g/mol. The highest BCUT2D eigenvalue weighted by Crippen LogP contribution is 2.23. The molecule has 52 heavy (non-hydrogen) atoms. The van der Waals surface area contributed by atoms with Gasteiger partial charge in [0.25, 0.3) is 11.8 Å². The number of fused-ring (bicyclic) bond motifs is 2. The molecule has 2 aromatic carbocycles. The summed E-state index contributed by atoms with van der Waals surface area (Å²) in [6.45, 7) is 2.42. The highest BCUT2D eigenvalue weighted by molar-refractivity contribution is 5.96. The van der Waals surface area contributed by atoms with Crippen LogP contribution in [0.3, 0.4) is 0 Å². The molecule has 2 aliphatic rings. The van der Waals surface area contributed by atoms with Crippen molar-refractivity contribution in [3.63, 3.8) is 0 Å². The summed E-state index contributed by atoms with van der Waals surface area (Å²) in [5.41, 5.74) is 4.40. The fraction of sp³-hybridized carbons (Fsp3) is 0.333. The Morgan fingerprint density at radius 3 is 2.17 bits per heavy atom. The van der Waals surface area contributed by atoms with Crippen LogP contribution in [0, 0.1) is 0 Å². The van der Waals surface area contributed by atoms with Crippen molar-refractivity contribution in [1.82, 2.24) is 19.6 Å². The zero-order chi connectivity index (χ0) is 36.9. The number of rotatable bonds is 14. The van der Waals surface area contributed by atoms with E-state index in [0.29, 0.717) is 19.8 Å². The number of carbonyl (C=O) groups excluding carboxylic acids is 2. The number of hydrogen-bond acceptors (Lipinski definition) is 12. The van der Waals surface area contributed by atoms with E-state index < -0.39 is 17.6 Å². The van der Waals surface area contributed by atoms with Crippen LogP contribution in [-0.2, 0) is 32.2 Å². The second kappa shape index (κ2) is 18.5. The summed E-state index contributed by atoms with van der Waals surface area (Å²) in [6.07, 6.45) is 2.15. The molecule has 4 aromatic rings. The Labute approximate surface area is 299 Å². The van der Waals surface area contributed by atoms with E-state index in [1.54, 1.807) is 15.8 Å². The number of morpholine rings is 1. The van der Waals surface area contributed by atoms with Crippen molar-refractivity contribution >= 4 is 11.8 Å². The standard InChI is InChI=1S/C19H25N3O6.C17H17N3O4/c1-25-16(26-2)13-27-11-9-21-19(24)17-18(15(23)8-10-22(17)20)28-12-14-6-4-3-5-7-14;21-13-6-7-20-15(16(13)24-10-12-4-2-1-3-5-12)17(22)19-8-9-23-11-14(19)18-20/h3-8,10,16H,9,11-13,20H2,1-2H3,(H,21,24);1-7,14,18H,8-11H2. The molecule has 1 fully saturated rings. The third kappa shape index (κ3) is 9.55. The predicted molar refractivity (Wildman–Crippen MR) is 189 cm³/mol. The Kier molecular flexibility index (Phi) is 13.4. The molecule has 0 saturated carbocycles. The Morgan fingerprint density at radius 1 is 0.904 bits per heavy atom. The molecule has 4 heterocycles. The lowest BCUT2D eigenvalue weighted by atomic mass is 10.2. The second-order valence-corrected chi connectivity index (χ2v) is 11.5. The molecular formula is C36H42N6O10. The lowest BCUT2D eigenvalue weighted by molar-refractivity contribution is -0.139. The van der Waals surface area contributed by atoms with Crippen LogP contribution in [-0.4, -0.2) is 92.3 Å². The first-order chi connectivity index (χ1) is 25.3. The van der Waals surface area contributed by atoms with Crippen LogP contribution in [0.4, 0.5) is 0 Å². The number of methoxy groups -OCH3 is 2. The van der Waals surface area contributed by atoms with Crippen molar-refractivity contribution in [2.45, 2.75) is 25.7 Å². The number of amides is 2. The van der Waals surface area contributed by atoms with Crippen LogP contribution in [0.1, 0.15) is 32.1 Å². The summed E-state index contributed by atoms with van der Waals surface area (Å²) in [5.74, 6) is 5.05. The van der Waals surface area contributed by atoms with Crippen LogP contribution in [0.2, 0.25) is 0 Å². The average Bonchev–Trinajstić information content (AvgIpc) is 3.17. The van der Waals surface area contributed by atoms with Crippen molar-refractivity contribution in [2.24, 2.45) is 0 Å². The highest BCUT2D eigenvalue weighted by atomic mass is 16.7. The zero-order valence-corrected chi connectivity index (χ0v) is 28.9. The monoisotopic (exact) mass is 718 g/mol. The Balaban J connectivity index is 0.000000203. The van der Waals surface area contributed by atoms with E-state index in [4.69, 9.17) is 34.3 Å². The lowest BCUT2D eigenvalue weighted by Gasteiger charge is -2.41. The number of nitrogens with zero attached hydrogens (tertiary/aromatic N) is 3. The fourth-order valence-electron chi connectivity index (χ4n) is 5.30. The van der Waals surface area contributed by atoms with Gasteiger partial charge in [0.2, 0.25) is 10.9 Å². The quantitative estimate of drug-likeness (QED) is 0.0966. The van der Waals surface area contributed by atoms with Gasteiger partial charge in [-0.15, -0.1) is 0 Å². The van der Waals surface area contributed by atoms with E-state index >= 15 is 0 Å². The number of benzene rings is 2. The minimum atomic E-state index is -0.540. The Bertz CT molecular complexity index is 1900. The van der Waals surface area contributed by atoms with Gasteiger partial charge in [0.1, 0.15) is 19.4 Å². The average molecular weight is 719 g/mol. The first-order valence-electron chi connectivity index (χ1n) is 16.5. The van der Waals surface area contributed by atoms with Crippen molar-refractivity contribution in [1.29, 1.82) is 0 Å². The first kappa shape index (κ1) is 37.6. The van der Waals surface area contributed by atoms with Gasteiger partial charge in [-0.2, -0.15) is 0 Å². The summed E-state index contributed by atoms with van der Waals surface area (Å²) < 4.78 is 34.7. The zero-order valence-electron chi connectivity index (χ0n) is 28.9. The number of nitrogens with one attached hydrogen (secondary N) is 2. The van der Waals surface area contributed by atoms with Gasteiger partial charge in [-0.25, -0.2) is 0 Å². The number of nitrogens with two attached hydrogens (primary N) is 1. The summed E-state index contributed by atoms with van der Waals surface area (Å²) in [7, 11) is 3.01. The molecule has 4 N–H and O–H groups in total. The molecule has 1 unspecified atom stereocenters. The molecule has 276 valence electrons. The molecule has 16 heteroatoms. The van der Waals surface area contributed by atoms with E-state index in [9.17, 15) is 19.2 Å². The summed E-state index contributed by atoms with van der Waals surface area (Å²) >= 11 is 0. The minimum absolute atomic E-state index is 0.0601. The van der Waals surface area contributed by atoms with Gasteiger partial charge in [-0.05, 0) is 11.1 Å². The van der Waals surface area contributed by atoms with Gasteiger partial charge in [0.15, 0.2) is 29.2 Å². The SMILES string of the molecule is COC(COCCNC(=O)c1c(OCc2ccccc2)c(=O)ccn1N)OC.O=C1c2c(OCc3ccccc3)c(=O)ccn2NC2COCCN12. The molecule has 2 amide bonds. The number of aromatic nitrogens is 2. The lowest BCUT2D eigenvalue weighted by Crippen LogP contribution is -2.59. The normalized spacial score (nSPS) is 14.7. The predicted octanol–water partition coefficient (Wildman–Crippen LogP) is 1.29. The van der Waals surface area contributed by atoms with Crippen molar-refractivity contribution < 1.29 is 38.0 Å². The number of pyridine rings is 2. The van der Waals surface area contributed by atoms with E-state index in [-0.39, 0.29) is 73.4 Å². The second-order valence-electron chi connectivity index (χ2n) is 11.5. The maximum Gasteiger partial charge on any atom is 0.278 e. The smallest absolute Gasteiger partial charge is 0.278 e. The first-order valence-corrected chi connectivity index (χ1v) is 16.5. The third-order valence-electron chi connectivity index (χ3n) is 8.00. The molecule has 0 radical (unpaired) electrons. The molecule has 0 spiro atoms. The fourth-order valence-corrected chi connectivity index (χ4v) is 5.30. The molecule has 1 atom stereocenters. The Morgan fingerprint density at radius 2 is 1.52 bits per heavy atom. The number of ether oxygens (including phenoxy) is 6. The van der Waals surface area contributed by atoms with Gasteiger partial charge in [-0.3, -0.25) is 28.5 Å². The molecule has 16 nitrogen and oxygen atoms in total. The molecule has 2 aliphatic heterocycles. The van der Waals surface area contributed by atoms with Crippen LogP contribution in [0.25, 0.3) is 0 Å². The molecule has 0 bridgehead atoms. The summed E-state index contributed by atoms with van der Waals surface area (Å²) in [4.78, 5) is 51.5. The van der Waals surface area contributed by atoms with Crippen LogP contribution < -0.4 is 36.9 Å². The van der Waals surface area contributed by atoms with Crippen molar-refractivity contribution in [3.05, 3.63) is 128 Å². The van der Waals surface area contributed by atoms with E-state index in [1.807, 2.05) is 60.7 Å². The number of carbonyl (C=O) groups is 2. The summed E-state index contributed by atoms with van der Waals surface area (Å²) in [5, 5.41) is 2.65. The van der Waals surface area contributed by atoms with E-state index in [2.05, 4.69) is 10.7 Å². The van der Waals surface area contributed by atoms with Crippen molar-refractivity contribution in [2.75, 3.05) is 65.0 Å². The van der Waals surface area contributed by atoms with Gasteiger partial charge in [0.05, 0.1) is 26.4 Å². The minimum Gasteiger partial charge on any atom is -0.482 e. The maximum absolute atomic E-state index is 12.8. The van der Waals surface area contributed by atoms with Gasteiger partial charge < -0.3 is 49.9 Å². The highest BCUT2D eigenvalue weighted by Gasteiger charge is 2.37. The van der Waals surface area contributed by atoms with Crippen LogP contribution in [0.5, 0.6) is 11.5 Å².